The Morgan fingerprint density at radius 2 is 1.97 bits per heavy atom. The van der Waals surface area contributed by atoms with Gasteiger partial charge in [-0.15, -0.1) is 6.58 Å². The second kappa shape index (κ2) is 9.39. The summed E-state index contributed by atoms with van der Waals surface area (Å²) < 4.78 is 6.58. The van der Waals surface area contributed by atoms with Crippen LogP contribution in [0.15, 0.2) is 43.0 Å². The molecule has 8 heteroatoms. The average molecular weight is 485 g/mol. The quantitative estimate of drug-likeness (QED) is 0.494. The van der Waals surface area contributed by atoms with Gasteiger partial charge in [0.2, 0.25) is 11.8 Å². The van der Waals surface area contributed by atoms with Gasteiger partial charge >= 0.3 is 5.97 Å². The smallest absolute Gasteiger partial charge is 0.310 e. The van der Waals surface area contributed by atoms with Gasteiger partial charge in [0.15, 0.2) is 0 Å². The third kappa shape index (κ3) is 3.78. The number of aliphatic hydroxyl groups is 1. The Morgan fingerprint density at radius 1 is 1.29 bits per heavy atom. The first-order valence-electron chi connectivity index (χ1n) is 12.5. The van der Waals surface area contributed by atoms with Gasteiger partial charge in [0.25, 0.3) is 0 Å². The van der Waals surface area contributed by atoms with Crippen LogP contribution in [0.1, 0.15) is 45.6 Å². The van der Waals surface area contributed by atoms with E-state index < -0.39 is 47.0 Å². The van der Waals surface area contributed by atoms with Crippen LogP contribution in [0, 0.1) is 11.8 Å². The molecule has 0 radical (unpaired) electrons. The van der Waals surface area contributed by atoms with E-state index in [1.54, 1.807) is 11.0 Å². The number of carboxylic acids is 1. The summed E-state index contributed by atoms with van der Waals surface area (Å²) in [6.45, 7) is 9.38. The molecule has 3 fully saturated rings. The minimum atomic E-state index is -1.23. The molecule has 4 rings (SSSR count). The average Bonchev–Trinajstić information content (AvgIpc) is 3.44. The van der Waals surface area contributed by atoms with Crippen molar-refractivity contribution in [1.29, 1.82) is 0 Å². The van der Waals surface area contributed by atoms with Crippen molar-refractivity contribution in [3.05, 3.63) is 48.6 Å². The van der Waals surface area contributed by atoms with Gasteiger partial charge < -0.3 is 24.7 Å². The van der Waals surface area contributed by atoms with Crippen LogP contribution in [0.5, 0.6) is 0 Å². The van der Waals surface area contributed by atoms with Crippen molar-refractivity contribution in [3.8, 4) is 0 Å². The number of amides is 2. The molecule has 0 aromatic heterocycles. The molecule has 190 valence electrons. The molecule has 1 aromatic rings. The monoisotopic (exact) mass is 484 g/mol. The van der Waals surface area contributed by atoms with Gasteiger partial charge in [-0.1, -0.05) is 43.3 Å². The minimum Gasteiger partial charge on any atom is -0.481 e. The maximum atomic E-state index is 14.2. The summed E-state index contributed by atoms with van der Waals surface area (Å²) in [6.07, 6.45) is 3.34. The number of hydrogen-bond donors (Lipinski definition) is 2. The molecule has 2 unspecified atom stereocenters. The predicted molar refractivity (Wildman–Crippen MR) is 129 cm³/mol. The van der Waals surface area contributed by atoms with Gasteiger partial charge in [-0.3, -0.25) is 14.4 Å². The van der Waals surface area contributed by atoms with E-state index in [1.165, 1.54) is 4.90 Å². The van der Waals surface area contributed by atoms with E-state index in [0.717, 1.165) is 5.56 Å². The van der Waals surface area contributed by atoms with Crippen molar-refractivity contribution >= 4 is 17.8 Å². The summed E-state index contributed by atoms with van der Waals surface area (Å²) in [5.74, 6) is -3.78. The number of aliphatic hydroxyl groups excluding tert-OH is 1. The topological polar surface area (TPSA) is 107 Å². The van der Waals surface area contributed by atoms with Crippen LogP contribution < -0.4 is 0 Å². The number of carbonyl (C=O) groups is 3. The number of fused-ring (bicyclic) bond motifs is 1. The fraction of sp³-hybridized carbons (Fsp3) is 0.593. The van der Waals surface area contributed by atoms with E-state index in [4.69, 9.17) is 4.74 Å². The fourth-order valence-corrected chi connectivity index (χ4v) is 6.69. The standard InChI is InChI=1S/C27H36N2O6/c1-5-14-28(17(3)4)24(32)22-27-13-12-26(6-2,35-27)21(25(33)34)20(27)23(31)29(22)19(16-30)15-18-10-8-7-9-11-18/h5,7-11,17,19-22,30H,1,6,12-16H2,2-4H3,(H,33,34)/t19-,20+,21-,22?,26+,27?/m1/s1. The van der Waals surface area contributed by atoms with Gasteiger partial charge in [0, 0.05) is 12.6 Å². The SMILES string of the molecule is C=CCN(C(=O)C1N([C@@H](CO)Cc2ccccc2)C(=O)[C@@H]2[C@H](C(=O)O)[C@]3(CC)CCC12O3)C(C)C. The Kier molecular flexibility index (Phi) is 6.81. The molecule has 2 amide bonds. The van der Waals surface area contributed by atoms with E-state index in [-0.39, 0.29) is 18.6 Å². The maximum Gasteiger partial charge on any atom is 0.310 e. The van der Waals surface area contributed by atoms with Crippen molar-refractivity contribution in [3.63, 3.8) is 0 Å². The van der Waals surface area contributed by atoms with Gasteiger partial charge in [0.1, 0.15) is 17.6 Å². The van der Waals surface area contributed by atoms with E-state index >= 15 is 0 Å². The summed E-state index contributed by atoms with van der Waals surface area (Å²) in [7, 11) is 0. The van der Waals surface area contributed by atoms with Crippen molar-refractivity contribution < 1.29 is 29.3 Å². The highest BCUT2D eigenvalue weighted by Gasteiger charge is 2.79. The molecule has 3 saturated heterocycles. The molecular weight excluding hydrogens is 448 g/mol. The number of rotatable bonds is 10. The van der Waals surface area contributed by atoms with Crippen LogP contribution >= 0.6 is 0 Å². The van der Waals surface area contributed by atoms with Gasteiger partial charge in [-0.05, 0) is 45.1 Å². The lowest BCUT2D eigenvalue weighted by Gasteiger charge is -2.40. The second-order valence-corrected chi connectivity index (χ2v) is 10.3. The number of nitrogens with zero attached hydrogens (tertiary/aromatic N) is 2. The molecule has 3 aliphatic rings. The molecule has 8 nitrogen and oxygen atoms in total. The molecule has 35 heavy (non-hydrogen) atoms. The molecule has 0 saturated carbocycles. The number of carbonyl (C=O) groups excluding carboxylic acids is 2. The number of carboxylic acid groups (broad SMARTS) is 1. The van der Waals surface area contributed by atoms with Crippen LogP contribution in [-0.4, -0.2) is 80.3 Å². The molecule has 2 bridgehead atoms. The molecular formula is C27H36N2O6. The molecule has 3 heterocycles. The van der Waals surface area contributed by atoms with Crippen LogP contribution in [-0.2, 0) is 25.5 Å². The van der Waals surface area contributed by atoms with Crippen LogP contribution in [0.2, 0.25) is 0 Å². The molecule has 3 aliphatic heterocycles. The summed E-state index contributed by atoms with van der Waals surface area (Å²) in [4.78, 5) is 43.9. The summed E-state index contributed by atoms with van der Waals surface area (Å²) >= 11 is 0. The largest absolute Gasteiger partial charge is 0.481 e. The Bertz CT molecular complexity index is 997. The first-order chi connectivity index (χ1) is 16.7. The minimum absolute atomic E-state index is 0.163. The Balaban J connectivity index is 1.84. The fourth-order valence-electron chi connectivity index (χ4n) is 6.69. The van der Waals surface area contributed by atoms with Crippen molar-refractivity contribution in [2.45, 2.75) is 75.8 Å². The molecule has 1 spiro atoms. The van der Waals surface area contributed by atoms with Crippen molar-refractivity contribution in [2.75, 3.05) is 13.2 Å². The third-order valence-corrected chi connectivity index (χ3v) is 8.27. The Morgan fingerprint density at radius 3 is 2.51 bits per heavy atom. The number of likely N-dealkylation sites (tertiary alicyclic amines) is 1. The van der Waals surface area contributed by atoms with E-state index in [0.29, 0.717) is 32.2 Å². The zero-order valence-corrected chi connectivity index (χ0v) is 20.7. The summed E-state index contributed by atoms with van der Waals surface area (Å²) in [6, 6.07) is 7.60. The molecule has 0 aliphatic carbocycles. The zero-order chi connectivity index (χ0) is 25.5. The Labute approximate surface area is 206 Å². The predicted octanol–water partition coefficient (Wildman–Crippen LogP) is 2.25. The van der Waals surface area contributed by atoms with Crippen molar-refractivity contribution in [1.82, 2.24) is 9.80 Å². The lowest BCUT2D eigenvalue weighted by molar-refractivity contribution is -0.160. The highest BCUT2D eigenvalue weighted by Crippen LogP contribution is 2.64. The summed E-state index contributed by atoms with van der Waals surface area (Å²) in [5, 5.41) is 20.6. The zero-order valence-electron chi connectivity index (χ0n) is 20.7. The van der Waals surface area contributed by atoms with E-state index in [1.807, 2.05) is 51.1 Å². The van der Waals surface area contributed by atoms with Gasteiger partial charge in [-0.25, -0.2) is 0 Å². The number of aliphatic carboxylic acids is 1. The lowest BCUT2D eigenvalue weighted by atomic mass is 9.65. The molecule has 1 aromatic carbocycles. The number of ether oxygens (including phenoxy) is 1. The highest BCUT2D eigenvalue weighted by molar-refractivity contribution is 5.98. The first-order valence-corrected chi connectivity index (χ1v) is 12.5. The number of hydrogen-bond acceptors (Lipinski definition) is 5. The van der Waals surface area contributed by atoms with Crippen LogP contribution in [0.4, 0.5) is 0 Å². The first kappa shape index (κ1) is 25.4. The highest BCUT2D eigenvalue weighted by atomic mass is 16.5. The normalized spacial score (nSPS) is 32.1. The Hall–Kier alpha value is -2.71. The van der Waals surface area contributed by atoms with Crippen LogP contribution in [0.25, 0.3) is 0 Å². The van der Waals surface area contributed by atoms with Gasteiger partial charge in [0.05, 0.1) is 24.2 Å². The lowest BCUT2D eigenvalue weighted by Crippen LogP contribution is -2.60. The van der Waals surface area contributed by atoms with E-state index in [2.05, 4.69) is 6.58 Å². The third-order valence-electron chi connectivity index (χ3n) is 8.27. The summed E-state index contributed by atoms with van der Waals surface area (Å²) in [5.41, 5.74) is -1.28. The number of benzene rings is 1. The van der Waals surface area contributed by atoms with Crippen LogP contribution in [0.3, 0.4) is 0 Å². The van der Waals surface area contributed by atoms with Crippen molar-refractivity contribution in [2.24, 2.45) is 11.8 Å². The molecule has 6 atom stereocenters. The second-order valence-electron chi connectivity index (χ2n) is 10.3. The molecule has 2 N–H and O–H groups in total. The van der Waals surface area contributed by atoms with Gasteiger partial charge in [-0.2, -0.15) is 0 Å². The van der Waals surface area contributed by atoms with E-state index in [9.17, 15) is 24.6 Å². The maximum absolute atomic E-state index is 14.2.